The van der Waals surface area contributed by atoms with Crippen molar-refractivity contribution >= 4 is 37.9 Å². The molecule has 1 aromatic carbocycles. The van der Waals surface area contributed by atoms with Crippen molar-refractivity contribution in [2.45, 2.75) is 18.0 Å². The van der Waals surface area contributed by atoms with Gasteiger partial charge >= 0.3 is 21.3 Å². The minimum absolute atomic E-state index is 0.0637. The van der Waals surface area contributed by atoms with Crippen LogP contribution in [0, 0.1) is 5.82 Å². The van der Waals surface area contributed by atoms with E-state index in [0.29, 0.717) is 0 Å². The fourth-order valence-electron chi connectivity index (χ4n) is 4.45. The number of hydrogen-bond donors (Lipinski definition) is 6. The number of ether oxygens (including phenoxy) is 2. The molecule has 37 heavy (non-hydrogen) atoms. The van der Waals surface area contributed by atoms with Crippen LogP contribution in [-0.2, 0) is 15.7 Å². The number of carbonyl (C=O) groups is 1. The van der Waals surface area contributed by atoms with Gasteiger partial charge in [-0.3, -0.25) is 18.8 Å². The zero-order chi connectivity index (χ0) is 27.3. The molecule has 0 saturated carbocycles. The Balaban J connectivity index is 1.58. The number of aromatic nitrogens is 1. The summed E-state index contributed by atoms with van der Waals surface area (Å²) in [4.78, 5) is 64.1. The lowest BCUT2D eigenvalue weighted by atomic mass is 10.1. The second-order valence-electron chi connectivity index (χ2n) is 8.61. The maximum Gasteiger partial charge on any atom is 0.511 e. The van der Waals surface area contributed by atoms with Crippen molar-refractivity contribution in [2.75, 3.05) is 44.2 Å². The fourth-order valence-corrected chi connectivity index (χ4v) is 6.59. The Kier molecular flexibility index (Phi) is 7.16. The molecule has 0 bridgehead atoms. The Labute approximate surface area is 207 Å². The lowest BCUT2D eigenvalue weighted by molar-refractivity contribution is 0.107. The number of pyridine rings is 1. The predicted molar refractivity (Wildman–Crippen MR) is 125 cm³/mol. The summed E-state index contributed by atoms with van der Waals surface area (Å²) in [7, 11) is -11.1. The third-order valence-electron chi connectivity index (χ3n) is 6.37. The van der Waals surface area contributed by atoms with Gasteiger partial charge in [0.1, 0.15) is 12.3 Å². The van der Waals surface area contributed by atoms with Gasteiger partial charge in [-0.05, 0) is 6.07 Å². The largest absolute Gasteiger partial charge is 0.511 e. The molecule has 15 nitrogen and oxygen atoms in total. The van der Waals surface area contributed by atoms with E-state index in [1.165, 1.54) is 10.8 Å². The van der Waals surface area contributed by atoms with Gasteiger partial charge in [-0.25, -0.2) is 9.18 Å². The van der Waals surface area contributed by atoms with E-state index >= 15 is 4.39 Å². The molecule has 0 aliphatic carbocycles. The lowest BCUT2D eigenvalue weighted by Gasteiger charge is -2.39. The van der Waals surface area contributed by atoms with Crippen LogP contribution in [0.3, 0.4) is 0 Å². The number of nitrogens with zero attached hydrogens (tertiary/aromatic N) is 3. The van der Waals surface area contributed by atoms with E-state index in [4.69, 9.17) is 9.84 Å². The van der Waals surface area contributed by atoms with Crippen LogP contribution in [0.4, 0.5) is 14.9 Å². The highest BCUT2D eigenvalue weighted by atomic mass is 31.2. The third kappa shape index (κ3) is 4.99. The van der Waals surface area contributed by atoms with E-state index in [0.717, 1.165) is 6.07 Å². The van der Waals surface area contributed by atoms with E-state index in [9.17, 15) is 43.4 Å². The average Bonchev–Trinajstić information content (AvgIpc) is 2.79. The molecule has 2 aromatic rings. The SMILES string of the molecule is O=C(O)Oc1cn2c3c(c(N4CCN(CCC(O)(P(=O)(O)O)P(=O)(O)O)CC4)c(F)cc3c1=O)OCC2. The lowest BCUT2D eigenvalue weighted by Crippen LogP contribution is -2.48. The number of piperazine rings is 1. The topological polar surface area (TPSA) is 220 Å². The van der Waals surface area contributed by atoms with E-state index in [1.807, 2.05) is 0 Å². The summed E-state index contributed by atoms with van der Waals surface area (Å²) in [5, 5.41) is 15.3. The van der Waals surface area contributed by atoms with Crippen molar-refractivity contribution in [3.05, 3.63) is 28.3 Å². The maximum atomic E-state index is 15.3. The normalized spacial score (nSPS) is 17.1. The maximum absolute atomic E-state index is 15.3. The van der Waals surface area contributed by atoms with Gasteiger partial charge in [-0.15, -0.1) is 0 Å². The van der Waals surface area contributed by atoms with Crippen LogP contribution in [0.15, 0.2) is 17.1 Å². The Morgan fingerprint density at radius 3 is 2.30 bits per heavy atom. The molecule has 0 radical (unpaired) electrons. The highest BCUT2D eigenvalue weighted by Gasteiger charge is 2.59. The monoisotopic (exact) mass is 567 g/mol. The number of anilines is 1. The summed E-state index contributed by atoms with van der Waals surface area (Å²) in [5.41, 5.74) is -0.492. The van der Waals surface area contributed by atoms with Gasteiger partial charge in [0.15, 0.2) is 17.3 Å². The summed E-state index contributed by atoms with van der Waals surface area (Å²) >= 11 is 0. The molecule has 2 aliphatic rings. The van der Waals surface area contributed by atoms with Crippen LogP contribution < -0.4 is 19.8 Å². The fraction of sp³-hybridized carbons (Fsp3) is 0.474. The van der Waals surface area contributed by atoms with E-state index in [2.05, 4.69) is 4.74 Å². The molecule has 204 valence electrons. The number of carboxylic acid groups (broad SMARTS) is 1. The number of hydrogen-bond acceptors (Lipinski definition) is 9. The first-order chi connectivity index (χ1) is 17.1. The second kappa shape index (κ2) is 9.64. The molecule has 4 rings (SSSR count). The second-order valence-corrected chi connectivity index (χ2v) is 12.6. The van der Waals surface area contributed by atoms with Crippen LogP contribution in [-0.4, -0.2) is 89.8 Å². The summed E-state index contributed by atoms with van der Waals surface area (Å²) in [6.45, 7) is 0.829. The van der Waals surface area contributed by atoms with Crippen LogP contribution in [0.1, 0.15) is 6.42 Å². The Morgan fingerprint density at radius 1 is 1.11 bits per heavy atom. The molecule has 3 heterocycles. The third-order valence-corrected chi connectivity index (χ3v) is 10.2. The summed E-state index contributed by atoms with van der Waals surface area (Å²) in [6, 6.07) is 0.975. The molecule has 0 spiro atoms. The number of rotatable bonds is 7. The van der Waals surface area contributed by atoms with Crippen LogP contribution in [0.2, 0.25) is 0 Å². The van der Waals surface area contributed by atoms with Gasteiger partial charge in [0, 0.05) is 39.1 Å². The molecular weight excluding hydrogens is 543 g/mol. The molecule has 0 atom stereocenters. The highest BCUT2D eigenvalue weighted by molar-refractivity contribution is 7.72. The van der Waals surface area contributed by atoms with Crippen LogP contribution >= 0.6 is 15.2 Å². The smallest absolute Gasteiger partial charge is 0.487 e. The minimum Gasteiger partial charge on any atom is -0.487 e. The van der Waals surface area contributed by atoms with Crippen molar-refractivity contribution < 1.29 is 57.6 Å². The van der Waals surface area contributed by atoms with E-state index < -0.39 is 49.8 Å². The van der Waals surface area contributed by atoms with Gasteiger partial charge in [-0.2, -0.15) is 0 Å². The zero-order valence-corrected chi connectivity index (χ0v) is 20.8. The molecule has 0 amide bonds. The molecule has 6 N–H and O–H groups in total. The van der Waals surface area contributed by atoms with E-state index in [1.54, 1.807) is 9.80 Å². The predicted octanol–water partition coefficient (Wildman–Crippen LogP) is 0.103. The molecule has 1 aromatic heterocycles. The number of benzene rings is 1. The summed E-state index contributed by atoms with van der Waals surface area (Å²) in [5.74, 6) is -1.18. The molecular formula is C19H24FN3O12P2. The number of halogens is 1. The molecule has 18 heteroatoms. The van der Waals surface area contributed by atoms with Gasteiger partial charge < -0.3 is 48.7 Å². The summed E-state index contributed by atoms with van der Waals surface area (Å²) < 4.78 is 50.2. The van der Waals surface area contributed by atoms with Gasteiger partial charge in [0.05, 0.1) is 23.6 Å². The summed E-state index contributed by atoms with van der Waals surface area (Å²) in [6.07, 6.45) is -1.37. The Hall–Kier alpha value is -2.55. The average molecular weight is 567 g/mol. The minimum atomic E-state index is -5.57. The first-order valence-corrected chi connectivity index (χ1v) is 14.1. The first-order valence-electron chi connectivity index (χ1n) is 10.9. The van der Waals surface area contributed by atoms with Gasteiger partial charge in [-0.1, -0.05) is 0 Å². The van der Waals surface area contributed by atoms with Gasteiger partial charge in [0.2, 0.25) is 5.43 Å². The van der Waals surface area contributed by atoms with Crippen molar-refractivity contribution in [2.24, 2.45) is 0 Å². The quantitative estimate of drug-likeness (QED) is 0.193. The van der Waals surface area contributed by atoms with Crippen molar-refractivity contribution in [3.63, 3.8) is 0 Å². The van der Waals surface area contributed by atoms with Crippen LogP contribution in [0.25, 0.3) is 10.9 Å². The Bertz CT molecular complexity index is 1370. The standard InChI is InChI=1S/C19H24FN3O12P2/c20-12-9-11-14-17(34-8-7-23(14)10-13(16(11)24)35-18(25)26)15(12)22-5-3-21(4-6-22)2-1-19(27,36(28,29)30)37(31,32)33/h9-10,27H,1-8H2,(H,25,26)(H2,28,29,30)(H2,31,32,33). The Morgan fingerprint density at radius 2 is 1.73 bits per heavy atom. The van der Waals surface area contributed by atoms with Gasteiger partial charge in [0.25, 0.3) is 5.08 Å². The van der Waals surface area contributed by atoms with Crippen molar-refractivity contribution in [1.82, 2.24) is 9.47 Å². The number of aliphatic hydroxyl groups is 1. The molecule has 0 unspecified atom stereocenters. The first kappa shape index (κ1) is 27.5. The zero-order valence-electron chi connectivity index (χ0n) is 19.1. The highest BCUT2D eigenvalue weighted by Crippen LogP contribution is 2.68. The van der Waals surface area contributed by atoms with Crippen LogP contribution in [0.5, 0.6) is 11.5 Å². The molecule has 1 fully saturated rings. The molecule has 2 aliphatic heterocycles. The molecule has 1 saturated heterocycles. The van der Waals surface area contributed by atoms with Crippen molar-refractivity contribution in [3.8, 4) is 11.5 Å². The van der Waals surface area contributed by atoms with Crippen molar-refractivity contribution in [1.29, 1.82) is 0 Å². The van der Waals surface area contributed by atoms with E-state index in [-0.39, 0.29) is 68.2 Å².